The highest BCUT2D eigenvalue weighted by molar-refractivity contribution is 14.1. The molecule has 2 rings (SSSR count). The Morgan fingerprint density at radius 2 is 1.86 bits per heavy atom. The molecule has 5 nitrogen and oxygen atoms in total. The Balaban J connectivity index is 1.55. The Kier molecular flexibility index (Phi) is 7.07. The van der Waals surface area contributed by atoms with Gasteiger partial charge < -0.3 is 15.0 Å². The molecule has 2 N–H and O–H groups in total. The zero-order valence-electron chi connectivity index (χ0n) is 12.6. The third kappa shape index (κ3) is 6.11. The van der Waals surface area contributed by atoms with Crippen LogP contribution in [0.2, 0.25) is 0 Å². The summed E-state index contributed by atoms with van der Waals surface area (Å²) in [6.07, 6.45) is 3.22. The maximum atomic E-state index is 13.0. The maximum Gasteiger partial charge on any atom is 0.407 e. The topological polar surface area (TPSA) is 53.6 Å². The van der Waals surface area contributed by atoms with Crippen LogP contribution in [0.1, 0.15) is 38.5 Å². The van der Waals surface area contributed by atoms with Gasteiger partial charge in [0.05, 0.1) is 0 Å². The number of hydrogen-bond acceptors (Lipinski definition) is 4. The summed E-state index contributed by atoms with van der Waals surface area (Å²) in [4.78, 5) is 13.7. The fourth-order valence-electron chi connectivity index (χ4n) is 2.90. The summed E-state index contributed by atoms with van der Waals surface area (Å²) in [5.74, 6) is -2.52. The molecule has 0 unspecified atom stereocenters. The van der Waals surface area contributed by atoms with Crippen molar-refractivity contribution >= 4 is 29.0 Å². The lowest BCUT2D eigenvalue weighted by atomic mass is 9.94. The molecule has 0 bridgehead atoms. The minimum Gasteiger partial charge on any atom is -0.446 e. The molecule has 0 radical (unpaired) electrons. The van der Waals surface area contributed by atoms with E-state index in [4.69, 9.17) is 4.74 Å². The number of carbonyl (C=O) groups excluding carboxylic acids is 1. The first-order valence-corrected chi connectivity index (χ1v) is 8.97. The first kappa shape index (κ1) is 18.1. The van der Waals surface area contributed by atoms with Crippen molar-refractivity contribution in [2.45, 2.75) is 56.6 Å². The standard InChI is InChI=1S/C14H24F2IN3O2/c15-14(16)5-8-20(9-6-14)10-7-18-13(21)22-12-3-1-11(19-17)2-4-12/h11-12,19H,1-10H2,(H,18,21). The van der Waals surface area contributed by atoms with E-state index in [9.17, 15) is 13.6 Å². The van der Waals surface area contributed by atoms with Crippen LogP contribution < -0.4 is 8.85 Å². The Bertz CT molecular complexity index is 356. The smallest absolute Gasteiger partial charge is 0.407 e. The number of piperidine rings is 1. The normalized spacial score (nSPS) is 29.0. The van der Waals surface area contributed by atoms with Gasteiger partial charge in [0.25, 0.3) is 5.92 Å². The quantitative estimate of drug-likeness (QED) is 0.520. The summed E-state index contributed by atoms with van der Waals surface area (Å²) < 4.78 is 34.6. The van der Waals surface area contributed by atoms with Crippen molar-refractivity contribution in [1.82, 2.24) is 13.7 Å². The fraction of sp³-hybridized carbons (Fsp3) is 0.929. The molecule has 2 aliphatic rings. The van der Waals surface area contributed by atoms with E-state index in [-0.39, 0.29) is 18.9 Å². The second-order valence-corrected chi connectivity index (χ2v) is 6.74. The molecular formula is C14H24F2IN3O2. The minimum atomic E-state index is -2.52. The maximum absolute atomic E-state index is 13.0. The van der Waals surface area contributed by atoms with Crippen LogP contribution >= 0.6 is 22.9 Å². The first-order chi connectivity index (χ1) is 10.5. The fourth-order valence-corrected chi connectivity index (χ4v) is 3.53. The monoisotopic (exact) mass is 431 g/mol. The summed E-state index contributed by atoms with van der Waals surface area (Å²) in [6.45, 7) is 1.81. The van der Waals surface area contributed by atoms with Crippen molar-refractivity contribution in [2.75, 3.05) is 26.2 Å². The molecule has 0 aromatic carbocycles. The average molecular weight is 431 g/mol. The van der Waals surface area contributed by atoms with E-state index in [1.807, 2.05) is 4.90 Å². The Labute approximate surface area is 144 Å². The summed E-state index contributed by atoms with van der Waals surface area (Å²) in [7, 11) is 0. The van der Waals surface area contributed by atoms with Gasteiger partial charge in [-0.05, 0) is 25.7 Å². The first-order valence-electron chi connectivity index (χ1n) is 7.89. The molecule has 1 amide bonds. The van der Waals surface area contributed by atoms with Crippen molar-refractivity contribution in [2.24, 2.45) is 0 Å². The predicted octanol–water partition coefficient (Wildman–Crippen LogP) is 2.69. The number of alkyl halides is 2. The van der Waals surface area contributed by atoms with Crippen LogP contribution in [0.3, 0.4) is 0 Å². The van der Waals surface area contributed by atoms with Crippen LogP contribution in [-0.4, -0.2) is 55.2 Å². The van der Waals surface area contributed by atoms with Gasteiger partial charge in [0, 0.05) is 67.9 Å². The number of carbonyl (C=O) groups is 1. The van der Waals surface area contributed by atoms with E-state index >= 15 is 0 Å². The molecular weight excluding hydrogens is 407 g/mol. The third-order valence-corrected chi connectivity index (χ3v) is 5.27. The number of alkyl carbamates (subject to hydrolysis) is 1. The van der Waals surface area contributed by atoms with E-state index in [0.29, 0.717) is 32.2 Å². The summed E-state index contributed by atoms with van der Waals surface area (Å²) in [5.41, 5.74) is 0. The zero-order chi connectivity index (χ0) is 16.0. The minimum absolute atomic E-state index is 0.00493. The highest BCUT2D eigenvalue weighted by atomic mass is 127. The van der Waals surface area contributed by atoms with Crippen molar-refractivity contribution in [3.8, 4) is 0 Å². The lowest BCUT2D eigenvalue weighted by Gasteiger charge is -2.31. The number of ether oxygens (including phenoxy) is 1. The van der Waals surface area contributed by atoms with Crippen LogP contribution in [0.5, 0.6) is 0 Å². The number of likely N-dealkylation sites (tertiary alicyclic amines) is 1. The molecule has 2 fully saturated rings. The molecule has 8 heteroatoms. The Hall–Kier alpha value is -0.220. The van der Waals surface area contributed by atoms with Crippen LogP contribution in [0, 0.1) is 0 Å². The van der Waals surface area contributed by atoms with Gasteiger partial charge in [0.15, 0.2) is 0 Å². The van der Waals surface area contributed by atoms with Gasteiger partial charge in [-0.2, -0.15) is 0 Å². The molecule has 0 aromatic heterocycles. The number of hydrogen-bond donors (Lipinski definition) is 2. The van der Waals surface area contributed by atoms with Gasteiger partial charge in [-0.25, -0.2) is 13.6 Å². The molecule has 1 heterocycles. The lowest BCUT2D eigenvalue weighted by molar-refractivity contribution is -0.0548. The van der Waals surface area contributed by atoms with Crippen molar-refractivity contribution in [3.05, 3.63) is 0 Å². The molecule has 128 valence electrons. The van der Waals surface area contributed by atoms with Crippen LogP contribution in [0.4, 0.5) is 13.6 Å². The van der Waals surface area contributed by atoms with Crippen LogP contribution in [0.15, 0.2) is 0 Å². The zero-order valence-corrected chi connectivity index (χ0v) is 14.8. The van der Waals surface area contributed by atoms with Gasteiger partial charge in [0.2, 0.25) is 0 Å². The molecule has 1 saturated heterocycles. The van der Waals surface area contributed by atoms with Gasteiger partial charge >= 0.3 is 6.09 Å². The number of nitrogens with one attached hydrogen (secondary N) is 2. The molecule has 0 atom stereocenters. The van der Waals surface area contributed by atoms with Gasteiger partial charge in [-0.3, -0.25) is 3.53 Å². The number of halogens is 3. The SMILES string of the molecule is O=C(NCCN1CCC(F)(F)CC1)OC1CCC(NI)CC1. The summed E-state index contributed by atoms with van der Waals surface area (Å²) >= 11 is 2.16. The number of nitrogens with zero attached hydrogens (tertiary/aromatic N) is 1. The van der Waals surface area contributed by atoms with Gasteiger partial charge in [-0.15, -0.1) is 0 Å². The molecule has 1 aliphatic carbocycles. The van der Waals surface area contributed by atoms with E-state index in [1.54, 1.807) is 0 Å². The van der Waals surface area contributed by atoms with Gasteiger partial charge in [0.1, 0.15) is 6.10 Å². The third-order valence-electron chi connectivity index (χ3n) is 4.39. The van der Waals surface area contributed by atoms with Gasteiger partial charge in [-0.1, -0.05) is 0 Å². The van der Waals surface area contributed by atoms with Crippen molar-refractivity contribution < 1.29 is 18.3 Å². The summed E-state index contributed by atoms with van der Waals surface area (Å²) in [5, 5.41) is 2.72. The lowest BCUT2D eigenvalue weighted by Crippen LogP contribution is -2.43. The average Bonchev–Trinajstić information content (AvgIpc) is 2.50. The van der Waals surface area contributed by atoms with E-state index < -0.39 is 12.0 Å². The highest BCUT2D eigenvalue weighted by Gasteiger charge is 2.33. The predicted molar refractivity (Wildman–Crippen MR) is 88.3 cm³/mol. The van der Waals surface area contributed by atoms with E-state index in [2.05, 4.69) is 31.7 Å². The van der Waals surface area contributed by atoms with E-state index in [0.717, 1.165) is 25.7 Å². The Morgan fingerprint density at radius 3 is 2.45 bits per heavy atom. The highest BCUT2D eigenvalue weighted by Crippen LogP contribution is 2.27. The largest absolute Gasteiger partial charge is 0.446 e. The van der Waals surface area contributed by atoms with E-state index in [1.165, 1.54) is 0 Å². The molecule has 0 spiro atoms. The van der Waals surface area contributed by atoms with Crippen LogP contribution in [-0.2, 0) is 4.74 Å². The second-order valence-electron chi connectivity index (χ2n) is 6.11. The Morgan fingerprint density at radius 1 is 1.23 bits per heavy atom. The molecule has 0 aromatic rings. The van der Waals surface area contributed by atoms with Crippen LogP contribution in [0.25, 0.3) is 0 Å². The number of rotatable bonds is 5. The molecule has 22 heavy (non-hydrogen) atoms. The summed E-state index contributed by atoms with van der Waals surface area (Å²) in [6, 6.07) is 0.515. The number of amides is 1. The second kappa shape index (κ2) is 8.58. The van der Waals surface area contributed by atoms with Crippen molar-refractivity contribution in [3.63, 3.8) is 0 Å². The molecule has 1 saturated carbocycles. The molecule has 1 aliphatic heterocycles. The van der Waals surface area contributed by atoms with Crippen molar-refractivity contribution in [1.29, 1.82) is 0 Å².